The van der Waals surface area contributed by atoms with Crippen molar-refractivity contribution in [2.24, 2.45) is 0 Å². The van der Waals surface area contributed by atoms with Gasteiger partial charge in [-0.05, 0) is 31.5 Å². The number of hydrogen-bond donors (Lipinski definition) is 2. The molecule has 0 saturated carbocycles. The van der Waals surface area contributed by atoms with Crippen LogP contribution in [-0.2, 0) is 9.53 Å². The van der Waals surface area contributed by atoms with Gasteiger partial charge in [-0.2, -0.15) is 0 Å². The minimum Gasteiger partial charge on any atom is -0.452 e. The molecule has 2 N–H and O–H groups in total. The Balaban J connectivity index is 1.96. The van der Waals surface area contributed by atoms with E-state index in [9.17, 15) is 19.7 Å². The van der Waals surface area contributed by atoms with Crippen LogP contribution in [0.25, 0.3) is 0 Å². The lowest BCUT2D eigenvalue weighted by molar-refractivity contribution is -0.384. The van der Waals surface area contributed by atoms with Crippen molar-refractivity contribution < 1.29 is 19.2 Å². The zero-order valence-corrected chi connectivity index (χ0v) is 15.1. The van der Waals surface area contributed by atoms with Gasteiger partial charge in [0.2, 0.25) is 0 Å². The van der Waals surface area contributed by atoms with Crippen LogP contribution in [0.1, 0.15) is 35.8 Å². The molecule has 0 heterocycles. The molecular weight excluding hydrogens is 350 g/mol. The quantitative estimate of drug-likeness (QED) is 0.419. The van der Waals surface area contributed by atoms with Gasteiger partial charge in [0.1, 0.15) is 5.69 Å². The molecule has 0 aromatic heterocycles. The average Bonchev–Trinajstić information content (AvgIpc) is 2.67. The number of hydrogen-bond acceptors (Lipinski definition) is 6. The summed E-state index contributed by atoms with van der Waals surface area (Å²) in [5, 5.41) is 16.7. The van der Waals surface area contributed by atoms with Crippen LogP contribution < -0.4 is 10.6 Å². The van der Waals surface area contributed by atoms with E-state index in [4.69, 9.17) is 4.74 Å². The number of amides is 1. The fourth-order valence-corrected chi connectivity index (χ4v) is 2.47. The van der Waals surface area contributed by atoms with Crippen molar-refractivity contribution >= 4 is 23.3 Å². The molecule has 0 aliphatic carbocycles. The van der Waals surface area contributed by atoms with E-state index in [0.717, 1.165) is 11.6 Å². The SMILES string of the molecule is CCNc1ccc(C(=O)OCC(=O)N[C@@H](C)c2ccccc2)cc1[N+](=O)[O-]. The average molecular weight is 371 g/mol. The van der Waals surface area contributed by atoms with Crippen molar-refractivity contribution in [2.75, 3.05) is 18.5 Å². The number of benzene rings is 2. The smallest absolute Gasteiger partial charge is 0.338 e. The van der Waals surface area contributed by atoms with Gasteiger partial charge in [-0.15, -0.1) is 0 Å². The summed E-state index contributed by atoms with van der Waals surface area (Å²) in [6.07, 6.45) is 0. The predicted octanol–water partition coefficient (Wildman–Crippen LogP) is 3.06. The molecule has 8 nitrogen and oxygen atoms in total. The molecule has 2 aromatic carbocycles. The standard InChI is InChI=1S/C19H21N3O5/c1-3-20-16-10-9-15(11-17(16)22(25)26)19(24)27-12-18(23)21-13(2)14-7-5-4-6-8-14/h4-11,13,20H,3,12H2,1-2H3,(H,21,23)/t13-/m0/s1. The van der Waals surface area contributed by atoms with Gasteiger partial charge in [-0.25, -0.2) is 4.79 Å². The van der Waals surface area contributed by atoms with Crippen molar-refractivity contribution in [3.8, 4) is 0 Å². The largest absolute Gasteiger partial charge is 0.452 e. The van der Waals surface area contributed by atoms with E-state index in [-0.39, 0.29) is 17.3 Å². The number of nitro benzene ring substituents is 1. The zero-order chi connectivity index (χ0) is 19.8. The van der Waals surface area contributed by atoms with Crippen molar-refractivity contribution in [3.05, 3.63) is 69.8 Å². The van der Waals surface area contributed by atoms with Crippen LogP contribution in [0.4, 0.5) is 11.4 Å². The number of anilines is 1. The topological polar surface area (TPSA) is 111 Å². The molecule has 0 bridgehead atoms. The number of nitro groups is 1. The molecule has 2 rings (SSSR count). The van der Waals surface area contributed by atoms with Crippen LogP contribution in [0.2, 0.25) is 0 Å². The molecule has 0 aliphatic heterocycles. The second-order valence-corrected chi connectivity index (χ2v) is 5.80. The highest BCUT2D eigenvalue weighted by molar-refractivity contribution is 5.93. The molecule has 142 valence electrons. The third-order valence-corrected chi connectivity index (χ3v) is 3.81. The highest BCUT2D eigenvalue weighted by atomic mass is 16.6. The Morgan fingerprint density at radius 1 is 1.19 bits per heavy atom. The zero-order valence-electron chi connectivity index (χ0n) is 15.1. The van der Waals surface area contributed by atoms with Crippen molar-refractivity contribution in [2.45, 2.75) is 19.9 Å². The minimum absolute atomic E-state index is 0.00672. The lowest BCUT2D eigenvalue weighted by Crippen LogP contribution is -2.31. The van der Waals surface area contributed by atoms with Gasteiger partial charge in [-0.1, -0.05) is 30.3 Å². The number of esters is 1. The predicted molar refractivity (Wildman–Crippen MR) is 101 cm³/mol. The van der Waals surface area contributed by atoms with E-state index >= 15 is 0 Å². The molecule has 1 atom stereocenters. The highest BCUT2D eigenvalue weighted by Crippen LogP contribution is 2.25. The van der Waals surface area contributed by atoms with Gasteiger partial charge >= 0.3 is 5.97 Å². The maximum absolute atomic E-state index is 12.1. The molecule has 0 aliphatic rings. The number of nitrogens with zero attached hydrogens (tertiary/aromatic N) is 1. The van der Waals surface area contributed by atoms with E-state index in [0.29, 0.717) is 12.2 Å². The van der Waals surface area contributed by atoms with E-state index in [1.54, 1.807) is 6.92 Å². The maximum Gasteiger partial charge on any atom is 0.338 e. The first-order valence-corrected chi connectivity index (χ1v) is 8.46. The van der Waals surface area contributed by atoms with Gasteiger partial charge in [0.05, 0.1) is 16.5 Å². The summed E-state index contributed by atoms with van der Waals surface area (Å²) >= 11 is 0. The molecule has 0 radical (unpaired) electrons. The third-order valence-electron chi connectivity index (χ3n) is 3.81. The van der Waals surface area contributed by atoms with Crippen molar-refractivity contribution in [1.29, 1.82) is 0 Å². The molecule has 0 fully saturated rings. The van der Waals surface area contributed by atoms with Gasteiger partial charge in [-0.3, -0.25) is 14.9 Å². The molecule has 0 unspecified atom stereocenters. The summed E-state index contributed by atoms with van der Waals surface area (Å²) in [6.45, 7) is 3.65. The van der Waals surface area contributed by atoms with Gasteiger partial charge in [0.15, 0.2) is 6.61 Å². The molecule has 27 heavy (non-hydrogen) atoms. The Hall–Kier alpha value is -3.42. The summed E-state index contributed by atoms with van der Waals surface area (Å²) in [5.74, 6) is -1.26. The van der Waals surface area contributed by atoms with Crippen molar-refractivity contribution in [1.82, 2.24) is 5.32 Å². The van der Waals surface area contributed by atoms with Crippen LogP contribution in [-0.4, -0.2) is 30.0 Å². The summed E-state index contributed by atoms with van der Waals surface area (Å²) in [4.78, 5) is 34.6. The number of rotatable bonds is 8. The lowest BCUT2D eigenvalue weighted by atomic mass is 10.1. The number of ether oxygens (including phenoxy) is 1. The van der Waals surface area contributed by atoms with Gasteiger partial charge in [0.25, 0.3) is 11.6 Å². The Kier molecular flexibility index (Phi) is 6.87. The monoisotopic (exact) mass is 371 g/mol. The van der Waals surface area contributed by atoms with E-state index in [2.05, 4.69) is 10.6 Å². The van der Waals surface area contributed by atoms with Crippen LogP contribution in [0.3, 0.4) is 0 Å². The second-order valence-electron chi connectivity index (χ2n) is 5.80. The fraction of sp³-hybridized carbons (Fsp3) is 0.263. The molecule has 2 aromatic rings. The summed E-state index contributed by atoms with van der Waals surface area (Å²) in [6, 6.07) is 13.1. The second kappa shape index (κ2) is 9.33. The number of carbonyl (C=O) groups excluding carboxylic acids is 2. The summed E-state index contributed by atoms with van der Waals surface area (Å²) in [5.41, 5.74) is 1.01. The third kappa shape index (κ3) is 5.53. The lowest BCUT2D eigenvalue weighted by Gasteiger charge is -2.14. The fourth-order valence-electron chi connectivity index (χ4n) is 2.47. The minimum atomic E-state index is -0.802. The number of carbonyl (C=O) groups is 2. The van der Waals surface area contributed by atoms with Gasteiger partial charge in [0, 0.05) is 12.6 Å². The molecule has 0 spiro atoms. The molecule has 1 amide bonds. The van der Waals surface area contributed by atoms with Crippen LogP contribution >= 0.6 is 0 Å². The first kappa shape index (κ1) is 19.9. The summed E-state index contributed by atoms with van der Waals surface area (Å²) in [7, 11) is 0. The maximum atomic E-state index is 12.1. The summed E-state index contributed by atoms with van der Waals surface area (Å²) < 4.78 is 4.97. The van der Waals surface area contributed by atoms with E-state index in [1.165, 1.54) is 12.1 Å². The van der Waals surface area contributed by atoms with E-state index < -0.39 is 23.4 Å². The van der Waals surface area contributed by atoms with Crippen molar-refractivity contribution in [3.63, 3.8) is 0 Å². The Morgan fingerprint density at radius 3 is 2.52 bits per heavy atom. The van der Waals surface area contributed by atoms with Crippen LogP contribution in [0.5, 0.6) is 0 Å². The van der Waals surface area contributed by atoms with Gasteiger partial charge < -0.3 is 15.4 Å². The normalized spacial score (nSPS) is 11.3. The van der Waals surface area contributed by atoms with Crippen LogP contribution in [0, 0.1) is 10.1 Å². The molecule has 0 saturated heterocycles. The Morgan fingerprint density at radius 2 is 1.89 bits per heavy atom. The highest BCUT2D eigenvalue weighted by Gasteiger charge is 2.19. The Bertz CT molecular complexity index is 823. The Labute approximate surface area is 156 Å². The molecule has 8 heteroatoms. The van der Waals surface area contributed by atoms with E-state index in [1.807, 2.05) is 37.3 Å². The first-order chi connectivity index (χ1) is 12.9. The van der Waals surface area contributed by atoms with Crippen LogP contribution in [0.15, 0.2) is 48.5 Å². The molecular formula is C19H21N3O5. The number of nitrogens with one attached hydrogen (secondary N) is 2. The first-order valence-electron chi connectivity index (χ1n) is 8.46.